The third-order valence-electron chi connectivity index (χ3n) is 5.20. The third kappa shape index (κ3) is 2.41. The van der Waals surface area contributed by atoms with Crippen molar-refractivity contribution in [2.75, 3.05) is 19.7 Å². The normalized spacial score (nSPS) is 21.4. The lowest BCUT2D eigenvalue weighted by Gasteiger charge is -2.44. The minimum atomic E-state index is 0.0552. The van der Waals surface area contributed by atoms with E-state index in [1.807, 2.05) is 35.4 Å². The molecule has 3 heterocycles. The molecule has 22 heavy (non-hydrogen) atoms. The second-order valence-corrected chi connectivity index (χ2v) is 6.56. The third-order valence-corrected chi connectivity index (χ3v) is 5.20. The second kappa shape index (κ2) is 5.43. The van der Waals surface area contributed by atoms with E-state index in [1.165, 1.54) is 12.8 Å². The Bertz CT molecular complexity index is 675. The van der Waals surface area contributed by atoms with Gasteiger partial charge in [0.05, 0.1) is 5.60 Å². The number of nitrogens with zero attached hydrogens (tertiary/aromatic N) is 1. The molecule has 4 heteroatoms. The Balaban J connectivity index is 1.47. The van der Waals surface area contributed by atoms with Crippen LogP contribution in [-0.2, 0) is 4.74 Å². The molecule has 1 amide bonds. The number of fused-ring (bicyclic) bond motifs is 1. The van der Waals surface area contributed by atoms with Gasteiger partial charge in [0.2, 0.25) is 0 Å². The molecular formula is C18H22N2O2. The van der Waals surface area contributed by atoms with E-state index in [4.69, 9.17) is 4.74 Å². The summed E-state index contributed by atoms with van der Waals surface area (Å²) < 4.78 is 6.05. The van der Waals surface area contributed by atoms with Gasteiger partial charge in [-0.1, -0.05) is 0 Å². The first-order valence-corrected chi connectivity index (χ1v) is 8.26. The molecule has 2 saturated heterocycles. The summed E-state index contributed by atoms with van der Waals surface area (Å²) in [5, 5.41) is 1.09. The van der Waals surface area contributed by atoms with E-state index in [9.17, 15) is 4.79 Å². The highest BCUT2D eigenvalue weighted by Gasteiger charge is 2.38. The van der Waals surface area contributed by atoms with Crippen LogP contribution in [0.25, 0.3) is 10.9 Å². The monoisotopic (exact) mass is 298 g/mol. The quantitative estimate of drug-likeness (QED) is 0.877. The van der Waals surface area contributed by atoms with Crippen molar-refractivity contribution in [3.05, 3.63) is 36.0 Å². The number of nitrogens with one attached hydrogen (secondary N) is 1. The van der Waals surface area contributed by atoms with Crippen LogP contribution in [0.4, 0.5) is 0 Å². The fraction of sp³-hybridized carbons (Fsp3) is 0.500. The van der Waals surface area contributed by atoms with E-state index in [0.29, 0.717) is 0 Å². The van der Waals surface area contributed by atoms with Crippen molar-refractivity contribution >= 4 is 16.8 Å². The van der Waals surface area contributed by atoms with Gasteiger partial charge < -0.3 is 14.6 Å². The maximum absolute atomic E-state index is 12.7. The molecule has 1 spiro atoms. The van der Waals surface area contributed by atoms with Gasteiger partial charge in [-0.25, -0.2) is 0 Å². The van der Waals surface area contributed by atoms with Crippen LogP contribution in [-0.4, -0.2) is 41.1 Å². The molecule has 2 aliphatic heterocycles. The Kier molecular flexibility index (Phi) is 3.41. The van der Waals surface area contributed by atoms with Gasteiger partial charge in [0.1, 0.15) is 0 Å². The molecular weight excluding hydrogens is 276 g/mol. The predicted molar refractivity (Wildman–Crippen MR) is 86.0 cm³/mol. The number of hydrogen-bond donors (Lipinski definition) is 1. The van der Waals surface area contributed by atoms with Crippen LogP contribution in [0.15, 0.2) is 30.5 Å². The molecule has 0 saturated carbocycles. The van der Waals surface area contributed by atoms with Crippen molar-refractivity contribution in [3.63, 3.8) is 0 Å². The van der Waals surface area contributed by atoms with Gasteiger partial charge in [-0.3, -0.25) is 4.79 Å². The fourth-order valence-corrected chi connectivity index (χ4v) is 3.79. The lowest BCUT2D eigenvalue weighted by Crippen LogP contribution is -2.49. The number of aromatic nitrogens is 1. The van der Waals surface area contributed by atoms with Crippen molar-refractivity contribution in [2.24, 2.45) is 0 Å². The molecule has 0 unspecified atom stereocenters. The fourth-order valence-electron chi connectivity index (χ4n) is 3.79. The molecule has 4 nitrogen and oxygen atoms in total. The summed E-state index contributed by atoms with van der Waals surface area (Å²) >= 11 is 0. The molecule has 2 aliphatic rings. The minimum Gasteiger partial charge on any atom is -0.375 e. The number of rotatable bonds is 1. The lowest BCUT2D eigenvalue weighted by molar-refractivity contribution is -0.107. The number of hydrogen-bond acceptors (Lipinski definition) is 2. The van der Waals surface area contributed by atoms with Crippen LogP contribution in [0.1, 0.15) is 42.5 Å². The molecule has 2 aromatic rings. The summed E-state index contributed by atoms with van der Waals surface area (Å²) in [5.74, 6) is 0.147. The van der Waals surface area contributed by atoms with Crippen LogP contribution >= 0.6 is 0 Å². The van der Waals surface area contributed by atoms with Gasteiger partial charge in [0, 0.05) is 42.4 Å². The molecule has 0 aliphatic carbocycles. The van der Waals surface area contributed by atoms with Gasteiger partial charge in [0.15, 0.2) is 0 Å². The van der Waals surface area contributed by atoms with E-state index in [-0.39, 0.29) is 11.5 Å². The van der Waals surface area contributed by atoms with Crippen molar-refractivity contribution in [1.82, 2.24) is 9.88 Å². The average Bonchev–Trinajstić information content (AvgIpc) is 3.03. The first kappa shape index (κ1) is 13.8. The molecule has 1 N–H and O–H groups in total. The number of ether oxygens (including phenoxy) is 1. The molecule has 116 valence electrons. The predicted octanol–water partition coefficient (Wildman–Crippen LogP) is 3.34. The first-order valence-electron chi connectivity index (χ1n) is 8.26. The first-order chi connectivity index (χ1) is 10.8. The number of piperidine rings is 1. The SMILES string of the molecule is O=C(c1ccc2[nH]ccc2c1)N1CCC2(CCCCO2)CC1. The second-order valence-electron chi connectivity index (χ2n) is 6.56. The molecule has 0 bridgehead atoms. The summed E-state index contributed by atoms with van der Waals surface area (Å²) in [7, 11) is 0. The number of amides is 1. The average molecular weight is 298 g/mol. The molecule has 1 aromatic heterocycles. The van der Waals surface area contributed by atoms with Crippen molar-refractivity contribution < 1.29 is 9.53 Å². The summed E-state index contributed by atoms with van der Waals surface area (Å²) in [6.45, 7) is 2.51. The Labute approximate surface area is 130 Å². The molecule has 0 radical (unpaired) electrons. The van der Waals surface area contributed by atoms with E-state index < -0.39 is 0 Å². The van der Waals surface area contributed by atoms with Crippen molar-refractivity contribution in [1.29, 1.82) is 0 Å². The topological polar surface area (TPSA) is 45.3 Å². The standard InChI is InChI=1S/C18H22N2O2/c21-17(15-3-4-16-14(13-15)5-9-19-16)20-10-7-18(8-11-20)6-1-2-12-22-18/h3-5,9,13,19H,1-2,6-8,10-12H2. The summed E-state index contributed by atoms with van der Waals surface area (Å²) in [6.07, 6.45) is 7.46. The van der Waals surface area contributed by atoms with E-state index in [1.54, 1.807) is 0 Å². The summed E-state index contributed by atoms with van der Waals surface area (Å²) in [6, 6.07) is 7.89. The van der Waals surface area contributed by atoms with Gasteiger partial charge in [-0.05, 0) is 56.4 Å². The Hall–Kier alpha value is -1.81. The van der Waals surface area contributed by atoms with Gasteiger partial charge in [0.25, 0.3) is 5.91 Å². The van der Waals surface area contributed by atoms with Crippen molar-refractivity contribution in [2.45, 2.75) is 37.7 Å². The maximum atomic E-state index is 12.7. The lowest BCUT2D eigenvalue weighted by atomic mass is 9.84. The Morgan fingerprint density at radius 2 is 2.00 bits per heavy atom. The van der Waals surface area contributed by atoms with Gasteiger partial charge in [-0.15, -0.1) is 0 Å². The zero-order valence-corrected chi connectivity index (χ0v) is 12.8. The van der Waals surface area contributed by atoms with Crippen LogP contribution < -0.4 is 0 Å². The molecule has 2 fully saturated rings. The highest BCUT2D eigenvalue weighted by molar-refractivity contribution is 5.98. The number of H-pyrrole nitrogens is 1. The summed E-state index contributed by atoms with van der Waals surface area (Å²) in [5.41, 5.74) is 1.91. The van der Waals surface area contributed by atoms with Gasteiger partial charge in [-0.2, -0.15) is 0 Å². The Morgan fingerprint density at radius 3 is 2.77 bits per heavy atom. The number of carbonyl (C=O) groups excluding carboxylic acids is 1. The summed E-state index contributed by atoms with van der Waals surface area (Å²) in [4.78, 5) is 17.9. The number of aromatic amines is 1. The molecule has 0 atom stereocenters. The smallest absolute Gasteiger partial charge is 0.253 e. The number of likely N-dealkylation sites (tertiary alicyclic amines) is 1. The van der Waals surface area contributed by atoms with Crippen LogP contribution in [0.5, 0.6) is 0 Å². The molecule has 4 rings (SSSR count). The highest BCUT2D eigenvalue weighted by atomic mass is 16.5. The minimum absolute atomic E-state index is 0.0552. The maximum Gasteiger partial charge on any atom is 0.253 e. The van der Waals surface area contributed by atoms with E-state index >= 15 is 0 Å². The number of benzene rings is 1. The number of carbonyl (C=O) groups is 1. The van der Waals surface area contributed by atoms with Crippen LogP contribution in [0.2, 0.25) is 0 Å². The largest absolute Gasteiger partial charge is 0.375 e. The zero-order valence-electron chi connectivity index (χ0n) is 12.8. The van der Waals surface area contributed by atoms with E-state index in [2.05, 4.69) is 4.98 Å². The zero-order chi connectivity index (χ0) is 15.0. The van der Waals surface area contributed by atoms with Gasteiger partial charge >= 0.3 is 0 Å². The van der Waals surface area contributed by atoms with E-state index in [0.717, 1.165) is 55.4 Å². The van der Waals surface area contributed by atoms with Crippen LogP contribution in [0, 0.1) is 0 Å². The highest BCUT2D eigenvalue weighted by Crippen LogP contribution is 2.35. The van der Waals surface area contributed by atoms with Crippen molar-refractivity contribution in [3.8, 4) is 0 Å². The van der Waals surface area contributed by atoms with Crippen LogP contribution in [0.3, 0.4) is 0 Å². The Morgan fingerprint density at radius 1 is 1.14 bits per heavy atom. The molecule has 1 aromatic carbocycles.